The van der Waals surface area contributed by atoms with Crippen LogP contribution in [0.25, 0.3) is 0 Å². The number of amides is 7. The Hall–Kier alpha value is -6.33. The van der Waals surface area contributed by atoms with Gasteiger partial charge in [0.25, 0.3) is 0 Å². The SMILES string of the molecule is CNC(C)C(=O)NC(C(=O)N1Cc2cc(NCC(=O)N[C@H]3C[C@@H](C(=O)N[C@@H]4CCCc5ccccc54)N(C(=O)C(NC(=O)C(C)NC)C(C)(C)C)C3)ccc2CC1C(=O)N[C@@H]1CCCc2ccccc21)C(C)(C)C. The predicted octanol–water partition coefficient (Wildman–Crippen LogP) is 4.10. The lowest BCUT2D eigenvalue weighted by Gasteiger charge is -2.42. The molecular weight excluding hydrogens is 937 g/mol. The first-order valence-corrected chi connectivity index (χ1v) is 26.6. The minimum Gasteiger partial charge on any atom is -0.376 e. The van der Waals surface area contributed by atoms with E-state index in [1.165, 1.54) is 16.0 Å². The first-order chi connectivity index (χ1) is 35.1. The third kappa shape index (κ3) is 12.9. The number of carbonyl (C=O) groups excluding carboxylic acids is 7. The van der Waals surface area contributed by atoms with Gasteiger partial charge in [-0.15, -0.1) is 0 Å². The second-order valence-corrected chi connectivity index (χ2v) is 23.0. The number of benzene rings is 3. The number of anilines is 1. The quantitative estimate of drug-likeness (QED) is 0.103. The summed E-state index contributed by atoms with van der Waals surface area (Å²) in [4.78, 5) is 102. The molecule has 1 fully saturated rings. The Labute approximate surface area is 437 Å². The van der Waals surface area contributed by atoms with Crippen LogP contribution in [0.2, 0.25) is 0 Å². The number of hydrogen-bond acceptors (Lipinski definition) is 10. The maximum Gasteiger partial charge on any atom is 0.246 e. The molecule has 5 unspecified atom stereocenters. The minimum absolute atomic E-state index is 0.0581. The first kappa shape index (κ1) is 55.4. The summed E-state index contributed by atoms with van der Waals surface area (Å²) in [6.45, 7) is 14.7. The molecule has 7 rings (SSSR count). The average molecular weight is 1020 g/mol. The largest absolute Gasteiger partial charge is 0.376 e. The Balaban J connectivity index is 1.08. The van der Waals surface area contributed by atoms with Gasteiger partial charge < -0.3 is 52.3 Å². The van der Waals surface area contributed by atoms with Crippen LogP contribution in [-0.4, -0.2) is 121 Å². The Kier molecular flexibility index (Phi) is 17.6. The van der Waals surface area contributed by atoms with E-state index >= 15 is 0 Å². The zero-order valence-electron chi connectivity index (χ0n) is 45.1. The molecule has 0 spiro atoms. The van der Waals surface area contributed by atoms with Gasteiger partial charge in [0, 0.05) is 31.2 Å². The minimum atomic E-state index is -0.956. The van der Waals surface area contributed by atoms with Crippen molar-refractivity contribution in [3.8, 4) is 0 Å². The van der Waals surface area contributed by atoms with E-state index in [-0.39, 0.29) is 80.0 Å². The standard InChI is InChI=1S/C57H80N10O7/c1-33(58-9)50(69)64-48(56(3,4)5)54(73)66-31-38-27-39(26-25-37(38)28-45(66)52(71)62-43-23-15-19-35-17-11-13-21-41(35)43)60-30-47(68)61-40-29-46(53(72)63-44-24-16-20-36-18-12-14-22-42(36)44)67(32-40)55(74)49(57(6,7)8)65-51(70)34(2)59-10/h11-14,17-18,21-22,25-27,33-34,40,43-46,48-49,58-60H,15-16,19-20,23-24,28-32H2,1-10H3,(H,61,68)(H,62,71)(H,63,72)(H,64,69)(H,65,70)/t33?,34?,40-,43+,44+,45?,46-,48?,49?/m0/s1. The van der Waals surface area contributed by atoms with E-state index in [1.807, 2.05) is 90.1 Å². The van der Waals surface area contributed by atoms with Gasteiger partial charge in [0.15, 0.2) is 0 Å². The van der Waals surface area contributed by atoms with Gasteiger partial charge in [-0.3, -0.25) is 33.6 Å². The smallest absolute Gasteiger partial charge is 0.246 e. The van der Waals surface area contributed by atoms with Gasteiger partial charge in [-0.05, 0) is 129 Å². The summed E-state index contributed by atoms with van der Waals surface area (Å²) in [7, 11) is 3.35. The molecule has 0 bridgehead atoms. The van der Waals surface area contributed by atoms with Gasteiger partial charge in [-0.2, -0.15) is 0 Å². The van der Waals surface area contributed by atoms with Crippen molar-refractivity contribution in [1.29, 1.82) is 0 Å². The van der Waals surface area contributed by atoms with Crippen molar-refractivity contribution < 1.29 is 33.6 Å². The molecule has 3 aromatic carbocycles. The summed E-state index contributed by atoms with van der Waals surface area (Å²) in [6.07, 6.45) is 5.64. The predicted molar refractivity (Wildman–Crippen MR) is 285 cm³/mol. The number of fused-ring (bicyclic) bond motifs is 3. The Bertz CT molecular complexity index is 2570. The molecule has 7 amide bonds. The van der Waals surface area contributed by atoms with Crippen LogP contribution in [0, 0.1) is 10.8 Å². The average Bonchev–Trinajstić information content (AvgIpc) is 3.80. The highest BCUT2D eigenvalue weighted by atomic mass is 16.2. The van der Waals surface area contributed by atoms with Gasteiger partial charge >= 0.3 is 0 Å². The second kappa shape index (κ2) is 23.5. The lowest BCUT2D eigenvalue weighted by molar-refractivity contribution is -0.147. The van der Waals surface area contributed by atoms with Crippen molar-refractivity contribution >= 4 is 47.0 Å². The van der Waals surface area contributed by atoms with Gasteiger partial charge in [0.05, 0.1) is 30.7 Å². The molecule has 2 aliphatic heterocycles. The monoisotopic (exact) mass is 1020 g/mol. The van der Waals surface area contributed by atoms with Crippen LogP contribution < -0.4 is 42.5 Å². The van der Waals surface area contributed by atoms with E-state index in [1.54, 1.807) is 32.8 Å². The molecular formula is C57H80N10O7. The second-order valence-electron chi connectivity index (χ2n) is 23.0. The van der Waals surface area contributed by atoms with Crippen LogP contribution in [0.3, 0.4) is 0 Å². The molecule has 400 valence electrons. The number of hydrogen-bond donors (Lipinski definition) is 8. The van der Waals surface area contributed by atoms with Gasteiger partial charge in [-0.1, -0.05) is 96.1 Å². The number of nitrogens with zero attached hydrogens (tertiary/aromatic N) is 2. The van der Waals surface area contributed by atoms with Crippen molar-refractivity contribution in [3.63, 3.8) is 0 Å². The molecule has 0 radical (unpaired) electrons. The highest BCUT2D eigenvalue weighted by Gasteiger charge is 2.47. The van der Waals surface area contributed by atoms with Crippen LogP contribution in [0.5, 0.6) is 0 Å². The van der Waals surface area contributed by atoms with E-state index in [9.17, 15) is 33.6 Å². The Morgan fingerprint density at radius 3 is 1.62 bits per heavy atom. The number of nitrogens with one attached hydrogen (secondary N) is 8. The Morgan fingerprint density at radius 2 is 1.11 bits per heavy atom. The van der Waals surface area contributed by atoms with Gasteiger partial charge in [0.2, 0.25) is 41.4 Å². The van der Waals surface area contributed by atoms with Crippen molar-refractivity contribution in [2.24, 2.45) is 10.8 Å². The summed E-state index contributed by atoms with van der Waals surface area (Å²) in [6, 6.07) is 16.1. The molecule has 0 saturated carbocycles. The first-order valence-electron chi connectivity index (χ1n) is 26.6. The van der Waals surface area contributed by atoms with Crippen LogP contribution in [-0.2, 0) is 59.4 Å². The lowest BCUT2D eigenvalue weighted by atomic mass is 9.83. The molecule has 3 aromatic rings. The number of likely N-dealkylation sites (N-methyl/N-ethyl adjacent to an activating group) is 2. The lowest BCUT2D eigenvalue weighted by Crippen LogP contribution is -2.62. The zero-order chi connectivity index (χ0) is 53.6. The van der Waals surface area contributed by atoms with Crippen molar-refractivity contribution in [2.45, 2.75) is 168 Å². The van der Waals surface area contributed by atoms with Crippen molar-refractivity contribution in [3.05, 3.63) is 100 Å². The van der Waals surface area contributed by atoms with Gasteiger partial charge in [0.1, 0.15) is 24.2 Å². The highest BCUT2D eigenvalue weighted by Crippen LogP contribution is 2.35. The van der Waals surface area contributed by atoms with Crippen LogP contribution in [0.1, 0.15) is 133 Å². The molecule has 17 nitrogen and oxygen atoms in total. The van der Waals surface area contributed by atoms with E-state index in [0.717, 1.165) is 60.8 Å². The highest BCUT2D eigenvalue weighted by molar-refractivity contribution is 5.95. The van der Waals surface area contributed by atoms with E-state index in [0.29, 0.717) is 5.69 Å². The molecule has 0 aromatic heterocycles. The summed E-state index contributed by atoms with van der Waals surface area (Å²) >= 11 is 0. The molecule has 9 atom stereocenters. The van der Waals surface area contributed by atoms with E-state index in [2.05, 4.69) is 60.7 Å². The molecule has 17 heteroatoms. The van der Waals surface area contributed by atoms with Crippen molar-refractivity contribution in [1.82, 2.24) is 47.0 Å². The molecule has 74 heavy (non-hydrogen) atoms. The maximum absolute atomic E-state index is 14.9. The van der Waals surface area contributed by atoms with E-state index < -0.39 is 59.0 Å². The summed E-state index contributed by atoms with van der Waals surface area (Å²) in [5.41, 5.74) is 5.41. The third-order valence-corrected chi connectivity index (χ3v) is 15.5. The third-order valence-electron chi connectivity index (χ3n) is 15.5. The molecule has 2 heterocycles. The Morgan fingerprint density at radius 1 is 0.608 bits per heavy atom. The molecule has 2 aliphatic carbocycles. The number of rotatable bonds is 16. The number of likely N-dealkylation sites (tertiary alicyclic amines) is 1. The summed E-state index contributed by atoms with van der Waals surface area (Å²) < 4.78 is 0. The maximum atomic E-state index is 14.9. The van der Waals surface area contributed by atoms with Crippen LogP contribution >= 0.6 is 0 Å². The number of aryl methyl sites for hydroxylation is 2. The summed E-state index contributed by atoms with van der Waals surface area (Å²) in [5.74, 6) is -2.39. The van der Waals surface area contributed by atoms with E-state index in [4.69, 9.17) is 0 Å². The zero-order valence-corrected chi connectivity index (χ0v) is 45.1. The normalized spacial score (nSPS) is 22.1. The number of carbonyl (C=O) groups is 7. The molecule has 1 saturated heterocycles. The summed E-state index contributed by atoms with van der Waals surface area (Å²) in [5, 5.41) is 24.6. The molecule has 8 N–H and O–H groups in total. The van der Waals surface area contributed by atoms with Crippen LogP contribution in [0.15, 0.2) is 66.7 Å². The molecule has 4 aliphatic rings. The van der Waals surface area contributed by atoms with Crippen molar-refractivity contribution in [2.75, 3.05) is 32.5 Å². The topological polar surface area (TPSA) is 222 Å². The fraction of sp³-hybridized carbons (Fsp3) is 0.561. The fourth-order valence-electron chi connectivity index (χ4n) is 10.8. The van der Waals surface area contributed by atoms with Crippen LogP contribution in [0.4, 0.5) is 5.69 Å². The van der Waals surface area contributed by atoms with Gasteiger partial charge in [-0.25, -0.2) is 0 Å². The fourth-order valence-corrected chi connectivity index (χ4v) is 10.8.